The molecule has 0 unspecified atom stereocenters. The van der Waals surface area contributed by atoms with Gasteiger partial charge in [0.1, 0.15) is 18.2 Å². The number of nitrogens with one attached hydrogen (secondary N) is 1. The number of rotatable bonds is 10. The summed E-state index contributed by atoms with van der Waals surface area (Å²) in [7, 11) is 0. The normalized spacial score (nSPS) is 10.5. The molecule has 0 aliphatic heterocycles. The SMILES string of the molecule is NCCCCCCC(=O)Nc1cccc(OCc2cccc(F)c2)c1. The summed E-state index contributed by atoms with van der Waals surface area (Å²) in [5.74, 6) is 0.341. The van der Waals surface area contributed by atoms with Gasteiger partial charge in [0.15, 0.2) is 0 Å². The Hall–Kier alpha value is -2.40. The van der Waals surface area contributed by atoms with Crippen molar-refractivity contribution in [1.82, 2.24) is 0 Å². The smallest absolute Gasteiger partial charge is 0.224 e. The van der Waals surface area contributed by atoms with Gasteiger partial charge in [-0.1, -0.05) is 31.0 Å². The van der Waals surface area contributed by atoms with Crippen LogP contribution in [0.25, 0.3) is 0 Å². The molecule has 0 bridgehead atoms. The number of halogens is 1. The van der Waals surface area contributed by atoms with Crippen LogP contribution in [0.5, 0.6) is 5.75 Å². The maximum atomic E-state index is 13.2. The van der Waals surface area contributed by atoms with E-state index in [-0.39, 0.29) is 18.3 Å². The Labute approximate surface area is 148 Å². The van der Waals surface area contributed by atoms with Crippen molar-refractivity contribution in [3.8, 4) is 5.75 Å². The zero-order chi connectivity index (χ0) is 17.9. The van der Waals surface area contributed by atoms with Crippen LogP contribution in [0.1, 0.15) is 37.7 Å². The lowest BCUT2D eigenvalue weighted by molar-refractivity contribution is -0.116. The highest BCUT2D eigenvalue weighted by Crippen LogP contribution is 2.19. The van der Waals surface area contributed by atoms with Crippen molar-refractivity contribution in [2.75, 3.05) is 11.9 Å². The Kier molecular flexibility index (Phi) is 7.92. The third kappa shape index (κ3) is 7.35. The van der Waals surface area contributed by atoms with E-state index in [1.165, 1.54) is 12.1 Å². The number of benzene rings is 2. The minimum atomic E-state index is -0.284. The Morgan fingerprint density at radius 2 is 1.84 bits per heavy atom. The summed E-state index contributed by atoms with van der Waals surface area (Å²) < 4.78 is 18.8. The molecule has 0 heterocycles. The standard InChI is InChI=1S/C20H25FN2O2/c21-17-8-5-7-16(13-17)15-25-19-10-6-9-18(14-19)23-20(24)11-3-1-2-4-12-22/h5-10,13-14H,1-4,11-12,15,22H2,(H,23,24). The molecule has 2 rings (SSSR count). The maximum absolute atomic E-state index is 13.2. The first kappa shape index (κ1) is 18.9. The van der Waals surface area contributed by atoms with Crippen molar-refractivity contribution in [1.29, 1.82) is 0 Å². The molecule has 0 spiro atoms. The second-order valence-corrected chi connectivity index (χ2v) is 5.95. The van der Waals surface area contributed by atoms with Gasteiger partial charge in [-0.15, -0.1) is 0 Å². The molecule has 0 aromatic heterocycles. The van der Waals surface area contributed by atoms with E-state index in [0.717, 1.165) is 31.2 Å². The van der Waals surface area contributed by atoms with Crippen molar-refractivity contribution in [3.63, 3.8) is 0 Å². The van der Waals surface area contributed by atoms with Gasteiger partial charge >= 0.3 is 0 Å². The van der Waals surface area contributed by atoms with Gasteiger partial charge in [0.25, 0.3) is 0 Å². The van der Waals surface area contributed by atoms with E-state index in [9.17, 15) is 9.18 Å². The Morgan fingerprint density at radius 1 is 1.04 bits per heavy atom. The Morgan fingerprint density at radius 3 is 2.64 bits per heavy atom. The fraction of sp³-hybridized carbons (Fsp3) is 0.350. The summed E-state index contributed by atoms with van der Waals surface area (Å²) in [6.45, 7) is 0.977. The molecule has 4 nitrogen and oxygen atoms in total. The molecule has 2 aromatic carbocycles. The molecule has 1 amide bonds. The van der Waals surface area contributed by atoms with Crippen LogP contribution < -0.4 is 15.8 Å². The monoisotopic (exact) mass is 344 g/mol. The molecule has 2 aromatic rings. The topological polar surface area (TPSA) is 64.4 Å². The number of hydrogen-bond donors (Lipinski definition) is 2. The van der Waals surface area contributed by atoms with Crippen LogP contribution >= 0.6 is 0 Å². The van der Waals surface area contributed by atoms with E-state index < -0.39 is 0 Å². The molecule has 0 fully saturated rings. The molecule has 0 aliphatic carbocycles. The fourth-order valence-corrected chi connectivity index (χ4v) is 2.46. The summed E-state index contributed by atoms with van der Waals surface area (Å²) in [6.07, 6.45) is 4.45. The van der Waals surface area contributed by atoms with Crippen molar-refractivity contribution in [3.05, 3.63) is 59.9 Å². The highest BCUT2D eigenvalue weighted by atomic mass is 19.1. The summed E-state index contributed by atoms with van der Waals surface area (Å²) in [5.41, 5.74) is 6.90. The van der Waals surface area contributed by atoms with Crippen molar-refractivity contribution >= 4 is 11.6 Å². The molecular weight excluding hydrogens is 319 g/mol. The summed E-state index contributed by atoms with van der Waals surface area (Å²) in [4.78, 5) is 12.0. The number of carbonyl (C=O) groups excluding carboxylic acids is 1. The van der Waals surface area contributed by atoms with Crippen molar-refractivity contribution < 1.29 is 13.9 Å². The number of amides is 1. The predicted octanol–water partition coefficient (Wildman–Crippen LogP) is 4.25. The average Bonchev–Trinajstić information content (AvgIpc) is 2.60. The van der Waals surface area contributed by atoms with E-state index in [2.05, 4.69) is 5.32 Å². The van der Waals surface area contributed by atoms with Gasteiger partial charge in [0.05, 0.1) is 0 Å². The summed E-state index contributed by atoms with van der Waals surface area (Å²) in [6, 6.07) is 13.5. The molecule has 3 N–H and O–H groups in total. The van der Waals surface area contributed by atoms with E-state index >= 15 is 0 Å². The molecule has 134 valence electrons. The van der Waals surface area contributed by atoms with Gasteiger partial charge in [-0.25, -0.2) is 4.39 Å². The maximum Gasteiger partial charge on any atom is 0.224 e. The predicted molar refractivity (Wildman–Crippen MR) is 97.9 cm³/mol. The second-order valence-electron chi connectivity index (χ2n) is 5.95. The number of anilines is 1. The van der Waals surface area contributed by atoms with Crippen LogP contribution in [0.2, 0.25) is 0 Å². The van der Waals surface area contributed by atoms with E-state index in [0.29, 0.717) is 24.4 Å². The minimum absolute atomic E-state index is 0.00460. The zero-order valence-corrected chi connectivity index (χ0v) is 14.3. The van der Waals surface area contributed by atoms with E-state index in [1.54, 1.807) is 18.2 Å². The van der Waals surface area contributed by atoms with Gasteiger partial charge in [-0.2, -0.15) is 0 Å². The van der Waals surface area contributed by atoms with Crippen molar-refractivity contribution in [2.24, 2.45) is 5.73 Å². The number of carbonyl (C=O) groups is 1. The number of hydrogen-bond acceptors (Lipinski definition) is 3. The molecular formula is C20H25FN2O2. The van der Waals surface area contributed by atoms with Crippen LogP contribution in [0.3, 0.4) is 0 Å². The van der Waals surface area contributed by atoms with Gasteiger partial charge in [-0.3, -0.25) is 4.79 Å². The number of nitrogens with two attached hydrogens (primary N) is 1. The largest absolute Gasteiger partial charge is 0.489 e. The van der Waals surface area contributed by atoms with Crippen LogP contribution in [0.15, 0.2) is 48.5 Å². The third-order valence-electron chi connectivity index (χ3n) is 3.77. The molecule has 0 saturated carbocycles. The van der Waals surface area contributed by atoms with Crippen LogP contribution in [-0.4, -0.2) is 12.5 Å². The van der Waals surface area contributed by atoms with Crippen LogP contribution in [-0.2, 0) is 11.4 Å². The quantitative estimate of drug-likeness (QED) is 0.633. The molecule has 25 heavy (non-hydrogen) atoms. The van der Waals surface area contributed by atoms with E-state index in [4.69, 9.17) is 10.5 Å². The highest BCUT2D eigenvalue weighted by Gasteiger charge is 2.04. The second kappa shape index (κ2) is 10.5. The molecule has 0 radical (unpaired) electrons. The van der Waals surface area contributed by atoms with E-state index in [1.807, 2.05) is 18.2 Å². The number of unbranched alkanes of at least 4 members (excludes halogenated alkanes) is 3. The lowest BCUT2D eigenvalue weighted by Gasteiger charge is -2.09. The van der Waals surface area contributed by atoms with Gasteiger partial charge in [-0.05, 0) is 49.2 Å². The first-order chi connectivity index (χ1) is 12.2. The van der Waals surface area contributed by atoms with Crippen LogP contribution in [0, 0.1) is 5.82 Å². The minimum Gasteiger partial charge on any atom is -0.489 e. The van der Waals surface area contributed by atoms with Crippen LogP contribution in [0.4, 0.5) is 10.1 Å². The first-order valence-corrected chi connectivity index (χ1v) is 8.64. The lowest BCUT2D eigenvalue weighted by atomic mass is 10.1. The molecule has 5 heteroatoms. The summed E-state index contributed by atoms with van der Waals surface area (Å²) in [5, 5.41) is 2.88. The first-order valence-electron chi connectivity index (χ1n) is 8.64. The fourth-order valence-electron chi connectivity index (χ4n) is 2.46. The zero-order valence-electron chi connectivity index (χ0n) is 14.3. The average molecular weight is 344 g/mol. The summed E-state index contributed by atoms with van der Waals surface area (Å²) >= 11 is 0. The Bertz CT molecular complexity index is 676. The van der Waals surface area contributed by atoms with Gasteiger partial charge in [0.2, 0.25) is 5.91 Å². The van der Waals surface area contributed by atoms with Gasteiger partial charge < -0.3 is 15.8 Å². The molecule has 0 atom stereocenters. The number of ether oxygens (including phenoxy) is 1. The lowest BCUT2D eigenvalue weighted by Crippen LogP contribution is -2.11. The van der Waals surface area contributed by atoms with Gasteiger partial charge in [0, 0.05) is 18.2 Å². The molecule has 0 aliphatic rings. The van der Waals surface area contributed by atoms with Crippen molar-refractivity contribution in [2.45, 2.75) is 38.7 Å². The third-order valence-corrected chi connectivity index (χ3v) is 3.77. The highest BCUT2D eigenvalue weighted by molar-refractivity contribution is 5.90. The molecule has 0 saturated heterocycles. The Balaban J connectivity index is 1.79.